The zero-order chi connectivity index (χ0) is 10.5. The van der Waals surface area contributed by atoms with Crippen molar-refractivity contribution in [1.82, 2.24) is 15.2 Å². The molecule has 0 aliphatic heterocycles. The molecule has 0 radical (unpaired) electrons. The molecule has 0 amide bonds. The van der Waals surface area contributed by atoms with E-state index < -0.39 is 0 Å². The van der Waals surface area contributed by atoms with Crippen LogP contribution in [0.4, 0.5) is 5.82 Å². The minimum absolute atomic E-state index is 0.202. The molecule has 15 heavy (non-hydrogen) atoms. The first-order valence-corrected chi connectivity index (χ1v) is 5.84. The van der Waals surface area contributed by atoms with E-state index in [9.17, 15) is 0 Å². The minimum atomic E-state index is 0.202. The maximum Gasteiger partial charge on any atom is 0.244 e. The second kappa shape index (κ2) is 5.26. The van der Waals surface area contributed by atoms with Gasteiger partial charge < -0.3 is 5.32 Å². The average Bonchev–Trinajstić information content (AvgIpc) is 2.46. The summed E-state index contributed by atoms with van der Waals surface area (Å²) in [6, 6.07) is 0.514. The zero-order valence-corrected chi connectivity index (χ0v) is 9.37. The van der Waals surface area contributed by atoms with E-state index >= 15 is 0 Å². The molecule has 1 fully saturated rings. The van der Waals surface area contributed by atoms with Gasteiger partial charge in [-0.1, -0.05) is 25.7 Å². The highest BCUT2D eigenvalue weighted by molar-refractivity contribution is 6.28. The van der Waals surface area contributed by atoms with Gasteiger partial charge in [0.1, 0.15) is 5.82 Å². The van der Waals surface area contributed by atoms with Gasteiger partial charge in [0.05, 0.1) is 6.20 Å². The Bertz CT molecular complexity index is 310. The molecule has 5 heteroatoms. The molecule has 0 bridgehead atoms. The Balaban J connectivity index is 1.95. The van der Waals surface area contributed by atoms with Crippen LogP contribution in [0.15, 0.2) is 6.20 Å². The summed E-state index contributed by atoms with van der Waals surface area (Å²) in [6.07, 6.45) is 9.33. The Morgan fingerprint density at radius 1 is 1.20 bits per heavy atom. The number of anilines is 1. The Kier molecular flexibility index (Phi) is 3.72. The molecule has 1 aromatic heterocycles. The first-order valence-electron chi connectivity index (χ1n) is 5.46. The smallest absolute Gasteiger partial charge is 0.244 e. The van der Waals surface area contributed by atoms with E-state index in [1.54, 1.807) is 6.20 Å². The molecular weight excluding hydrogens is 212 g/mol. The monoisotopic (exact) mass is 226 g/mol. The van der Waals surface area contributed by atoms with Crippen LogP contribution in [-0.4, -0.2) is 21.2 Å². The molecule has 1 aliphatic rings. The van der Waals surface area contributed by atoms with Crippen LogP contribution in [0.2, 0.25) is 5.28 Å². The van der Waals surface area contributed by atoms with Crippen molar-refractivity contribution in [1.29, 1.82) is 0 Å². The van der Waals surface area contributed by atoms with Crippen LogP contribution in [0.3, 0.4) is 0 Å². The quantitative estimate of drug-likeness (QED) is 0.788. The molecule has 1 saturated carbocycles. The molecule has 1 heterocycles. The number of rotatable bonds is 2. The third kappa shape index (κ3) is 3.30. The minimum Gasteiger partial charge on any atom is -0.366 e. The third-order valence-electron chi connectivity index (χ3n) is 2.74. The standard InChI is InChI=1S/C10H15ClN4/c11-10-14-9(7-12-15-10)13-8-5-3-1-2-4-6-8/h7-8H,1-6H2,(H,13,14,15). The van der Waals surface area contributed by atoms with Crippen molar-refractivity contribution in [3.8, 4) is 0 Å². The van der Waals surface area contributed by atoms with Crippen molar-refractivity contribution in [2.45, 2.75) is 44.6 Å². The fourth-order valence-electron chi connectivity index (χ4n) is 1.98. The predicted octanol–water partition coefficient (Wildman–Crippen LogP) is 2.66. The SMILES string of the molecule is Clc1nncc(NC2CCCCCC2)n1. The van der Waals surface area contributed by atoms with Crippen molar-refractivity contribution >= 4 is 17.4 Å². The summed E-state index contributed by atoms with van der Waals surface area (Å²) >= 11 is 5.67. The van der Waals surface area contributed by atoms with Gasteiger partial charge in [0, 0.05) is 6.04 Å². The summed E-state index contributed by atoms with van der Waals surface area (Å²) in [4.78, 5) is 4.08. The Morgan fingerprint density at radius 3 is 2.60 bits per heavy atom. The fourth-order valence-corrected chi connectivity index (χ4v) is 2.12. The molecule has 0 saturated heterocycles. The van der Waals surface area contributed by atoms with Crippen molar-refractivity contribution in [2.75, 3.05) is 5.32 Å². The summed E-state index contributed by atoms with van der Waals surface area (Å²) in [7, 11) is 0. The molecule has 82 valence electrons. The normalized spacial score (nSPS) is 18.5. The van der Waals surface area contributed by atoms with Gasteiger partial charge in [-0.2, -0.15) is 10.1 Å². The Labute approximate surface area is 94.5 Å². The Morgan fingerprint density at radius 2 is 1.93 bits per heavy atom. The zero-order valence-electron chi connectivity index (χ0n) is 8.62. The largest absolute Gasteiger partial charge is 0.366 e. The summed E-state index contributed by atoms with van der Waals surface area (Å²) < 4.78 is 0. The van der Waals surface area contributed by atoms with E-state index in [2.05, 4.69) is 20.5 Å². The topological polar surface area (TPSA) is 50.7 Å². The van der Waals surface area contributed by atoms with Gasteiger partial charge in [-0.05, 0) is 24.4 Å². The highest BCUT2D eigenvalue weighted by Gasteiger charge is 2.12. The van der Waals surface area contributed by atoms with E-state index in [0.29, 0.717) is 6.04 Å². The van der Waals surface area contributed by atoms with Crippen molar-refractivity contribution in [2.24, 2.45) is 0 Å². The van der Waals surface area contributed by atoms with Crippen LogP contribution in [-0.2, 0) is 0 Å². The Hall–Kier alpha value is -0.900. The summed E-state index contributed by atoms with van der Waals surface area (Å²) in [5.41, 5.74) is 0. The lowest BCUT2D eigenvalue weighted by Crippen LogP contribution is -2.19. The fraction of sp³-hybridized carbons (Fsp3) is 0.700. The van der Waals surface area contributed by atoms with Gasteiger partial charge >= 0.3 is 0 Å². The van der Waals surface area contributed by atoms with Crippen LogP contribution >= 0.6 is 11.6 Å². The first kappa shape index (κ1) is 10.6. The van der Waals surface area contributed by atoms with E-state index in [0.717, 1.165) is 5.82 Å². The highest BCUT2D eigenvalue weighted by atomic mass is 35.5. The van der Waals surface area contributed by atoms with E-state index in [4.69, 9.17) is 11.6 Å². The van der Waals surface area contributed by atoms with E-state index in [-0.39, 0.29) is 5.28 Å². The van der Waals surface area contributed by atoms with Crippen LogP contribution < -0.4 is 5.32 Å². The number of nitrogens with zero attached hydrogens (tertiary/aromatic N) is 3. The maximum absolute atomic E-state index is 5.67. The number of hydrogen-bond donors (Lipinski definition) is 1. The first-order chi connectivity index (χ1) is 7.34. The van der Waals surface area contributed by atoms with Crippen LogP contribution in [0.25, 0.3) is 0 Å². The number of hydrogen-bond acceptors (Lipinski definition) is 4. The van der Waals surface area contributed by atoms with Crippen molar-refractivity contribution in [3.63, 3.8) is 0 Å². The lowest BCUT2D eigenvalue weighted by molar-refractivity contribution is 0.616. The second-order valence-corrected chi connectivity index (χ2v) is 4.28. The van der Waals surface area contributed by atoms with Crippen molar-refractivity contribution in [3.05, 3.63) is 11.5 Å². The lowest BCUT2D eigenvalue weighted by atomic mass is 10.1. The van der Waals surface area contributed by atoms with Crippen LogP contribution in [0.1, 0.15) is 38.5 Å². The molecule has 0 unspecified atom stereocenters. The van der Waals surface area contributed by atoms with Gasteiger partial charge in [-0.15, -0.1) is 5.10 Å². The predicted molar refractivity (Wildman–Crippen MR) is 59.9 cm³/mol. The van der Waals surface area contributed by atoms with E-state index in [1.165, 1.54) is 38.5 Å². The molecule has 0 aromatic carbocycles. The van der Waals surface area contributed by atoms with Crippen LogP contribution in [0.5, 0.6) is 0 Å². The van der Waals surface area contributed by atoms with Gasteiger partial charge in [-0.3, -0.25) is 0 Å². The number of halogens is 1. The highest BCUT2D eigenvalue weighted by Crippen LogP contribution is 2.20. The summed E-state index contributed by atoms with van der Waals surface area (Å²) in [5, 5.41) is 10.9. The second-order valence-electron chi connectivity index (χ2n) is 3.94. The lowest BCUT2D eigenvalue weighted by Gasteiger charge is -2.15. The van der Waals surface area contributed by atoms with Gasteiger partial charge in [0.2, 0.25) is 5.28 Å². The molecule has 0 spiro atoms. The molecule has 4 nitrogen and oxygen atoms in total. The molecule has 1 aromatic rings. The molecular formula is C10H15ClN4. The molecule has 0 atom stereocenters. The third-order valence-corrected chi connectivity index (χ3v) is 2.90. The summed E-state index contributed by atoms with van der Waals surface area (Å²) in [5.74, 6) is 0.738. The average molecular weight is 227 g/mol. The van der Waals surface area contributed by atoms with E-state index in [1.807, 2.05) is 0 Å². The summed E-state index contributed by atoms with van der Waals surface area (Å²) in [6.45, 7) is 0. The van der Waals surface area contributed by atoms with Crippen LogP contribution in [0, 0.1) is 0 Å². The molecule has 2 rings (SSSR count). The van der Waals surface area contributed by atoms with Gasteiger partial charge in [0.15, 0.2) is 0 Å². The molecule has 1 aliphatic carbocycles. The van der Waals surface area contributed by atoms with Gasteiger partial charge in [-0.25, -0.2) is 0 Å². The number of aromatic nitrogens is 3. The van der Waals surface area contributed by atoms with Gasteiger partial charge in [0.25, 0.3) is 0 Å². The number of nitrogens with one attached hydrogen (secondary N) is 1. The van der Waals surface area contributed by atoms with Crippen molar-refractivity contribution < 1.29 is 0 Å². The molecule has 1 N–H and O–H groups in total. The maximum atomic E-state index is 5.67.